The van der Waals surface area contributed by atoms with Crippen LogP contribution in [0.2, 0.25) is 0 Å². The number of aromatic nitrogens is 2. The molecule has 0 aliphatic carbocycles. The Bertz CT molecular complexity index is 674. The molecule has 2 aromatic rings. The number of hydrogen-bond donors (Lipinski definition) is 1. The quantitative estimate of drug-likeness (QED) is 0.802. The van der Waals surface area contributed by atoms with Crippen molar-refractivity contribution in [2.45, 2.75) is 25.8 Å². The minimum atomic E-state index is -0.126. The normalized spacial score (nSPS) is 11.2. The molecule has 1 aromatic carbocycles. The number of ether oxygens (including phenoxy) is 3. The van der Waals surface area contributed by atoms with Gasteiger partial charge >= 0.3 is 0 Å². The largest absolute Gasteiger partial charge is 0.497 e. The van der Waals surface area contributed by atoms with Crippen LogP contribution < -0.4 is 14.8 Å². The Labute approximate surface area is 143 Å². The van der Waals surface area contributed by atoms with Crippen molar-refractivity contribution in [2.24, 2.45) is 0 Å². The zero-order valence-corrected chi connectivity index (χ0v) is 14.9. The summed E-state index contributed by atoms with van der Waals surface area (Å²) in [4.78, 5) is 0. The molecule has 6 nitrogen and oxygen atoms in total. The molecular weight excluding hydrogens is 306 g/mol. The van der Waals surface area contributed by atoms with E-state index < -0.39 is 0 Å². The molecule has 0 spiro atoms. The summed E-state index contributed by atoms with van der Waals surface area (Å²) in [6.07, 6.45) is 1.78. The van der Waals surface area contributed by atoms with E-state index in [0.29, 0.717) is 13.2 Å². The third kappa shape index (κ3) is 4.35. The van der Waals surface area contributed by atoms with Crippen LogP contribution in [0.4, 0.5) is 5.82 Å². The molecule has 1 heterocycles. The first kappa shape index (κ1) is 18.0. The summed E-state index contributed by atoms with van der Waals surface area (Å²) in [6, 6.07) is 7.74. The minimum Gasteiger partial charge on any atom is -0.497 e. The van der Waals surface area contributed by atoms with Crippen molar-refractivity contribution in [2.75, 3.05) is 33.3 Å². The summed E-state index contributed by atoms with van der Waals surface area (Å²) in [5.41, 5.74) is 1.96. The number of rotatable bonds is 8. The number of methoxy groups -OCH3 is 3. The average molecular weight is 331 g/mol. The topological polar surface area (TPSA) is 65.5 Å². The van der Waals surface area contributed by atoms with Crippen LogP contribution in [0.1, 0.15) is 25.0 Å². The van der Waals surface area contributed by atoms with Crippen LogP contribution in [0.3, 0.4) is 0 Å². The molecular formula is C18H25N3O3. The maximum Gasteiger partial charge on any atom is 0.149 e. The lowest BCUT2D eigenvalue weighted by Gasteiger charge is -2.24. The number of nitrogens with zero attached hydrogens (tertiary/aromatic N) is 2. The molecule has 0 radical (unpaired) electrons. The van der Waals surface area contributed by atoms with Crippen molar-refractivity contribution in [3.05, 3.63) is 41.6 Å². The zero-order valence-electron chi connectivity index (χ0n) is 14.9. The minimum absolute atomic E-state index is 0.126. The fourth-order valence-electron chi connectivity index (χ4n) is 2.45. The maximum absolute atomic E-state index is 5.41. The Hall–Kier alpha value is -2.34. The van der Waals surface area contributed by atoms with Crippen LogP contribution in [0.25, 0.3) is 0 Å². The van der Waals surface area contributed by atoms with E-state index in [1.807, 2.05) is 24.3 Å². The highest BCUT2D eigenvalue weighted by Crippen LogP contribution is 2.26. The average Bonchev–Trinajstić information content (AvgIpc) is 2.60. The Balaban J connectivity index is 2.13. The van der Waals surface area contributed by atoms with Gasteiger partial charge in [-0.25, -0.2) is 0 Å². The molecule has 1 aromatic heterocycles. The van der Waals surface area contributed by atoms with Crippen molar-refractivity contribution in [1.82, 2.24) is 10.2 Å². The van der Waals surface area contributed by atoms with E-state index in [4.69, 9.17) is 14.2 Å². The number of benzene rings is 1. The third-order valence-electron chi connectivity index (χ3n) is 3.90. The zero-order chi connectivity index (χ0) is 17.6. The highest BCUT2D eigenvalue weighted by molar-refractivity contribution is 5.44. The molecule has 130 valence electrons. The predicted molar refractivity (Wildman–Crippen MR) is 93.8 cm³/mol. The highest BCUT2D eigenvalue weighted by atomic mass is 16.5. The van der Waals surface area contributed by atoms with E-state index in [1.54, 1.807) is 27.5 Å². The first-order valence-electron chi connectivity index (χ1n) is 7.77. The molecule has 0 atom stereocenters. The fourth-order valence-corrected chi connectivity index (χ4v) is 2.45. The first-order chi connectivity index (χ1) is 11.5. The molecule has 0 aliphatic heterocycles. The Kier molecular flexibility index (Phi) is 5.98. The van der Waals surface area contributed by atoms with E-state index in [2.05, 4.69) is 29.4 Å². The molecule has 6 heteroatoms. The van der Waals surface area contributed by atoms with Gasteiger partial charge in [0.05, 0.1) is 27.0 Å². The van der Waals surface area contributed by atoms with Gasteiger partial charge in [-0.15, -0.1) is 5.10 Å². The van der Waals surface area contributed by atoms with Crippen LogP contribution in [-0.4, -0.2) is 38.1 Å². The van der Waals surface area contributed by atoms with Crippen LogP contribution in [0.5, 0.6) is 11.5 Å². The van der Waals surface area contributed by atoms with Gasteiger partial charge in [0, 0.05) is 30.7 Å². The summed E-state index contributed by atoms with van der Waals surface area (Å²) >= 11 is 0. The second-order valence-electron chi connectivity index (χ2n) is 6.18. The molecule has 0 amide bonds. The maximum atomic E-state index is 5.41. The van der Waals surface area contributed by atoms with E-state index in [1.165, 1.54) is 0 Å². The van der Waals surface area contributed by atoms with Crippen molar-refractivity contribution in [1.29, 1.82) is 0 Å². The van der Waals surface area contributed by atoms with Crippen molar-refractivity contribution in [3.8, 4) is 11.5 Å². The summed E-state index contributed by atoms with van der Waals surface area (Å²) in [7, 11) is 4.98. The summed E-state index contributed by atoms with van der Waals surface area (Å²) in [5.74, 6) is 2.25. The predicted octanol–water partition coefficient (Wildman–Crippen LogP) is 3.03. The Morgan fingerprint density at radius 2 is 1.88 bits per heavy atom. The third-order valence-corrected chi connectivity index (χ3v) is 3.90. The van der Waals surface area contributed by atoms with Gasteiger partial charge in [-0.1, -0.05) is 13.8 Å². The lowest BCUT2D eigenvalue weighted by molar-refractivity contribution is 0.146. The van der Waals surface area contributed by atoms with Gasteiger partial charge in [-0.05, 0) is 23.8 Å². The second kappa shape index (κ2) is 7.97. The van der Waals surface area contributed by atoms with Gasteiger partial charge < -0.3 is 19.5 Å². The van der Waals surface area contributed by atoms with E-state index >= 15 is 0 Å². The van der Waals surface area contributed by atoms with E-state index in [-0.39, 0.29) is 5.41 Å². The molecule has 0 fully saturated rings. The number of anilines is 1. The van der Waals surface area contributed by atoms with Crippen LogP contribution >= 0.6 is 0 Å². The van der Waals surface area contributed by atoms with Crippen LogP contribution in [-0.2, 0) is 16.7 Å². The molecule has 0 unspecified atom stereocenters. The SMILES string of the molecule is COCC(C)(C)c1cnnc(NCc2ccc(OC)cc2OC)c1. The van der Waals surface area contributed by atoms with Crippen molar-refractivity contribution in [3.63, 3.8) is 0 Å². The lowest BCUT2D eigenvalue weighted by atomic mass is 9.87. The summed E-state index contributed by atoms with van der Waals surface area (Å²) in [6.45, 7) is 5.42. The Morgan fingerprint density at radius 3 is 2.54 bits per heavy atom. The molecule has 0 saturated heterocycles. The van der Waals surface area contributed by atoms with E-state index in [0.717, 1.165) is 28.4 Å². The van der Waals surface area contributed by atoms with Gasteiger partial charge in [-0.2, -0.15) is 5.10 Å². The van der Waals surface area contributed by atoms with Crippen molar-refractivity contribution >= 4 is 5.82 Å². The fraction of sp³-hybridized carbons (Fsp3) is 0.444. The number of hydrogen-bond acceptors (Lipinski definition) is 6. The first-order valence-corrected chi connectivity index (χ1v) is 7.77. The Morgan fingerprint density at radius 1 is 1.08 bits per heavy atom. The highest BCUT2D eigenvalue weighted by Gasteiger charge is 2.21. The molecule has 0 bridgehead atoms. The molecule has 24 heavy (non-hydrogen) atoms. The van der Waals surface area contributed by atoms with Crippen molar-refractivity contribution < 1.29 is 14.2 Å². The van der Waals surface area contributed by atoms with Crippen LogP contribution in [0.15, 0.2) is 30.5 Å². The number of nitrogens with one attached hydrogen (secondary N) is 1. The lowest BCUT2D eigenvalue weighted by Crippen LogP contribution is -2.24. The second-order valence-corrected chi connectivity index (χ2v) is 6.18. The van der Waals surface area contributed by atoms with Gasteiger partial charge in [-0.3, -0.25) is 0 Å². The monoisotopic (exact) mass is 331 g/mol. The van der Waals surface area contributed by atoms with E-state index in [9.17, 15) is 0 Å². The molecule has 0 aliphatic rings. The standard InChI is InChI=1S/C18H25N3O3/c1-18(2,12-22-3)14-8-17(21-20-11-14)19-10-13-6-7-15(23-4)9-16(13)24-5/h6-9,11H,10,12H2,1-5H3,(H,19,21). The molecule has 0 saturated carbocycles. The van der Waals surface area contributed by atoms with Crippen LogP contribution in [0, 0.1) is 0 Å². The molecule has 1 N–H and O–H groups in total. The van der Waals surface area contributed by atoms with Gasteiger partial charge in [0.1, 0.15) is 17.3 Å². The molecule has 2 rings (SSSR count). The summed E-state index contributed by atoms with van der Waals surface area (Å²) < 4.78 is 15.9. The van der Waals surface area contributed by atoms with Gasteiger partial charge in [0.15, 0.2) is 0 Å². The van der Waals surface area contributed by atoms with Gasteiger partial charge in [0.25, 0.3) is 0 Å². The van der Waals surface area contributed by atoms with Gasteiger partial charge in [0.2, 0.25) is 0 Å². The summed E-state index contributed by atoms with van der Waals surface area (Å²) in [5, 5.41) is 11.5. The smallest absolute Gasteiger partial charge is 0.149 e.